The summed E-state index contributed by atoms with van der Waals surface area (Å²) >= 11 is 0. The molecular weight excluding hydrogens is 276 g/mol. The number of allylic oxidation sites excluding steroid dienone is 4. The Morgan fingerprint density at radius 2 is 1.68 bits per heavy atom. The molecule has 1 N–H and O–H groups in total. The lowest BCUT2D eigenvalue weighted by Gasteiger charge is -2.09. The normalized spacial score (nSPS) is 13.5. The van der Waals surface area contributed by atoms with Crippen LogP contribution in [0.1, 0.15) is 28.8 Å². The van der Waals surface area contributed by atoms with Crippen molar-refractivity contribution < 1.29 is 14.6 Å². The zero-order valence-corrected chi connectivity index (χ0v) is 12.0. The molecule has 3 rings (SSSR count). The molecule has 0 aliphatic heterocycles. The first-order valence-corrected chi connectivity index (χ1v) is 7.21. The Morgan fingerprint density at radius 3 is 2.32 bits per heavy atom. The minimum Gasteiger partial charge on any atom is -0.508 e. The number of benzene rings is 2. The minimum absolute atomic E-state index is 0.120. The molecule has 2 aromatic carbocycles. The molecule has 0 fully saturated rings. The third kappa shape index (κ3) is 3.26. The molecule has 0 saturated heterocycles. The zero-order chi connectivity index (χ0) is 15.4. The number of hydrogen-bond acceptors (Lipinski definition) is 3. The summed E-state index contributed by atoms with van der Waals surface area (Å²) in [7, 11) is 0. The highest BCUT2D eigenvalue weighted by Crippen LogP contribution is 2.24. The highest BCUT2D eigenvalue weighted by Gasteiger charge is 2.09. The van der Waals surface area contributed by atoms with Crippen molar-refractivity contribution in [3.05, 3.63) is 77.9 Å². The van der Waals surface area contributed by atoms with Crippen LogP contribution in [0.2, 0.25) is 0 Å². The van der Waals surface area contributed by atoms with Gasteiger partial charge in [-0.3, -0.25) is 0 Å². The van der Waals surface area contributed by atoms with Crippen molar-refractivity contribution in [1.82, 2.24) is 0 Å². The van der Waals surface area contributed by atoms with E-state index in [0.29, 0.717) is 11.3 Å². The number of carbonyl (C=O) groups is 1. The van der Waals surface area contributed by atoms with Crippen molar-refractivity contribution in [3.63, 3.8) is 0 Å². The lowest BCUT2D eigenvalue weighted by molar-refractivity contribution is 0.0735. The van der Waals surface area contributed by atoms with E-state index in [-0.39, 0.29) is 5.75 Å². The van der Waals surface area contributed by atoms with E-state index in [1.54, 1.807) is 12.1 Å². The maximum atomic E-state index is 12.0. The van der Waals surface area contributed by atoms with Crippen molar-refractivity contribution in [2.24, 2.45) is 0 Å². The number of ether oxygens (including phenoxy) is 1. The SMILES string of the molecule is O=C(Oc1ccc(C2=CCCC=C2)cc1)c1ccc(O)cc1. The van der Waals surface area contributed by atoms with Crippen LogP contribution < -0.4 is 4.74 Å². The van der Waals surface area contributed by atoms with Crippen LogP contribution in [0, 0.1) is 0 Å². The smallest absolute Gasteiger partial charge is 0.343 e. The van der Waals surface area contributed by atoms with Crippen LogP contribution in [0.15, 0.2) is 66.8 Å². The molecule has 0 radical (unpaired) electrons. The second kappa shape index (κ2) is 6.31. The average molecular weight is 292 g/mol. The summed E-state index contributed by atoms with van der Waals surface area (Å²) < 4.78 is 5.32. The zero-order valence-electron chi connectivity index (χ0n) is 12.0. The van der Waals surface area contributed by atoms with E-state index in [0.717, 1.165) is 18.4 Å². The van der Waals surface area contributed by atoms with E-state index in [1.807, 2.05) is 12.1 Å². The van der Waals surface area contributed by atoms with Crippen LogP contribution in [0.5, 0.6) is 11.5 Å². The summed E-state index contributed by atoms with van der Waals surface area (Å²) in [6.45, 7) is 0. The number of esters is 1. The van der Waals surface area contributed by atoms with Crippen LogP contribution >= 0.6 is 0 Å². The number of carbonyl (C=O) groups excluding carboxylic acids is 1. The minimum atomic E-state index is -0.440. The summed E-state index contributed by atoms with van der Waals surface area (Å²) in [5, 5.41) is 9.22. The van der Waals surface area contributed by atoms with Crippen molar-refractivity contribution in [3.8, 4) is 11.5 Å². The van der Waals surface area contributed by atoms with E-state index in [2.05, 4.69) is 18.2 Å². The average Bonchev–Trinajstić information content (AvgIpc) is 2.57. The molecule has 3 nitrogen and oxygen atoms in total. The molecule has 0 amide bonds. The van der Waals surface area contributed by atoms with Gasteiger partial charge in [0.25, 0.3) is 0 Å². The Hall–Kier alpha value is -2.81. The summed E-state index contributed by atoms with van der Waals surface area (Å²) in [6.07, 6.45) is 8.63. The topological polar surface area (TPSA) is 46.5 Å². The van der Waals surface area contributed by atoms with Gasteiger partial charge in [0.15, 0.2) is 0 Å². The quantitative estimate of drug-likeness (QED) is 0.676. The van der Waals surface area contributed by atoms with Crippen molar-refractivity contribution >= 4 is 11.5 Å². The molecule has 0 spiro atoms. The van der Waals surface area contributed by atoms with Gasteiger partial charge >= 0.3 is 5.97 Å². The van der Waals surface area contributed by atoms with Gasteiger partial charge in [0.1, 0.15) is 11.5 Å². The van der Waals surface area contributed by atoms with Gasteiger partial charge in [0.05, 0.1) is 5.56 Å². The molecular formula is C19H16O3. The number of phenolic OH excluding ortho intramolecular Hbond substituents is 1. The Bertz CT molecular complexity index is 722. The third-order valence-electron chi connectivity index (χ3n) is 3.50. The number of aromatic hydroxyl groups is 1. The van der Waals surface area contributed by atoms with E-state index in [9.17, 15) is 9.90 Å². The molecule has 110 valence electrons. The fourth-order valence-electron chi connectivity index (χ4n) is 2.31. The first-order valence-electron chi connectivity index (χ1n) is 7.21. The lowest BCUT2D eigenvalue weighted by atomic mass is 10.00. The molecule has 3 heteroatoms. The molecule has 0 bridgehead atoms. The summed E-state index contributed by atoms with van der Waals surface area (Å²) in [5.74, 6) is 0.182. The van der Waals surface area contributed by atoms with Gasteiger partial charge in [0.2, 0.25) is 0 Å². The summed E-state index contributed by atoms with van der Waals surface area (Å²) in [4.78, 5) is 12.0. The van der Waals surface area contributed by atoms with Gasteiger partial charge in [-0.05, 0) is 60.4 Å². The Morgan fingerprint density at radius 1 is 0.955 bits per heavy atom. The van der Waals surface area contributed by atoms with Gasteiger partial charge in [-0.15, -0.1) is 0 Å². The standard InChI is InChI=1S/C19H16O3/c20-17-10-6-16(7-11-17)19(21)22-18-12-8-15(9-13-18)14-4-2-1-3-5-14/h2,4-13,20H,1,3H2. The lowest BCUT2D eigenvalue weighted by Crippen LogP contribution is -2.08. The van der Waals surface area contributed by atoms with Gasteiger partial charge in [0, 0.05) is 0 Å². The van der Waals surface area contributed by atoms with E-state index in [4.69, 9.17) is 4.74 Å². The van der Waals surface area contributed by atoms with E-state index < -0.39 is 5.97 Å². The monoisotopic (exact) mass is 292 g/mol. The first kappa shape index (κ1) is 14.1. The van der Waals surface area contributed by atoms with Crippen LogP contribution in [0.3, 0.4) is 0 Å². The first-order chi connectivity index (χ1) is 10.7. The molecule has 0 atom stereocenters. The largest absolute Gasteiger partial charge is 0.508 e. The number of phenols is 1. The van der Waals surface area contributed by atoms with Crippen molar-refractivity contribution in [2.45, 2.75) is 12.8 Å². The van der Waals surface area contributed by atoms with Crippen LogP contribution in [-0.2, 0) is 0 Å². The van der Waals surface area contributed by atoms with Gasteiger partial charge < -0.3 is 9.84 Å². The Labute approximate surface area is 129 Å². The van der Waals surface area contributed by atoms with Gasteiger partial charge in [-0.1, -0.05) is 30.4 Å². The third-order valence-corrected chi connectivity index (χ3v) is 3.50. The molecule has 0 aromatic heterocycles. The Kier molecular flexibility index (Phi) is 4.05. The molecule has 22 heavy (non-hydrogen) atoms. The summed E-state index contributed by atoms with van der Waals surface area (Å²) in [5.41, 5.74) is 2.71. The number of rotatable bonds is 3. The molecule has 1 aliphatic rings. The van der Waals surface area contributed by atoms with Gasteiger partial charge in [-0.2, -0.15) is 0 Å². The maximum absolute atomic E-state index is 12.0. The van der Waals surface area contributed by atoms with E-state index >= 15 is 0 Å². The molecule has 2 aromatic rings. The predicted octanol–water partition coefficient (Wildman–Crippen LogP) is 4.34. The van der Waals surface area contributed by atoms with Gasteiger partial charge in [-0.25, -0.2) is 4.79 Å². The van der Waals surface area contributed by atoms with Crippen LogP contribution in [0.4, 0.5) is 0 Å². The highest BCUT2D eigenvalue weighted by molar-refractivity contribution is 5.91. The molecule has 0 heterocycles. The fourth-order valence-corrected chi connectivity index (χ4v) is 2.31. The Balaban J connectivity index is 1.70. The molecule has 1 aliphatic carbocycles. The second-order valence-electron chi connectivity index (χ2n) is 5.10. The second-order valence-corrected chi connectivity index (χ2v) is 5.10. The number of hydrogen-bond donors (Lipinski definition) is 1. The van der Waals surface area contributed by atoms with Crippen molar-refractivity contribution in [1.29, 1.82) is 0 Å². The maximum Gasteiger partial charge on any atom is 0.343 e. The predicted molar refractivity (Wildman–Crippen MR) is 85.9 cm³/mol. The van der Waals surface area contributed by atoms with Crippen LogP contribution in [0.25, 0.3) is 5.57 Å². The molecule has 0 saturated carbocycles. The summed E-state index contributed by atoms with van der Waals surface area (Å²) in [6, 6.07) is 13.5. The highest BCUT2D eigenvalue weighted by atomic mass is 16.5. The van der Waals surface area contributed by atoms with E-state index in [1.165, 1.54) is 29.8 Å². The fraction of sp³-hybridized carbons (Fsp3) is 0.105. The van der Waals surface area contributed by atoms with Crippen molar-refractivity contribution in [2.75, 3.05) is 0 Å². The molecule has 0 unspecified atom stereocenters. The van der Waals surface area contributed by atoms with Crippen LogP contribution in [-0.4, -0.2) is 11.1 Å².